The van der Waals surface area contributed by atoms with Crippen LogP contribution in [0.1, 0.15) is 110 Å². The number of rotatable bonds is 9. The molecule has 0 radical (unpaired) electrons. The van der Waals surface area contributed by atoms with Crippen LogP contribution in [0.25, 0.3) is 0 Å². The summed E-state index contributed by atoms with van der Waals surface area (Å²) in [5.74, 6) is 0. The molecule has 2 aliphatic carbocycles. The van der Waals surface area contributed by atoms with Gasteiger partial charge < -0.3 is 4.90 Å². The molecule has 124 valence electrons. The molecule has 0 saturated heterocycles. The average Bonchev–Trinajstić information content (AvgIpc) is 2.56. The summed E-state index contributed by atoms with van der Waals surface area (Å²) in [7, 11) is 0. The largest absolute Gasteiger partial charge is 0.330 e. The van der Waals surface area contributed by atoms with Crippen LogP contribution in [0, 0.1) is 0 Å². The molecule has 1 heteroatoms. The molecule has 0 aromatic rings. The maximum atomic E-state index is 2.32. The van der Waals surface area contributed by atoms with Crippen LogP contribution in [0.2, 0.25) is 0 Å². The first-order chi connectivity index (χ1) is 10.4. The zero-order valence-corrected chi connectivity index (χ0v) is 14.7. The van der Waals surface area contributed by atoms with Crippen molar-refractivity contribution in [3.63, 3.8) is 0 Å². The minimum atomic E-state index is 1.03. The Morgan fingerprint density at radius 3 is 1.62 bits per heavy atom. The van der Waals surface area contributed by atoms with E-state index in [1.165, 1.54) is 109 Å². The van der Waals surface area contributed by atoms with Gasteiger partial charge in [-0.05, 0) is 64.2 Å². The number of nitrogens with one attached hydrogen (secondary N) is 1. The predicted octanol–water partition coefficient (Wildman–Crippen LogP) is 4.90. The molecule has 0 spiro atoms. The van der Waals surface area contributed by atoms with Crippen molar-refractivity contribution in [3.8, 4) is 0 Å². The lowest BCUT2D eigenvalue weighted by Gasteiger charge is -2.38. The fraction of sp³-hybridized carbons (Fsp3) is 1.00. The van der Waals surface area contributed by atoms with Crippen molar-refractivity contribution >= 4 is 0 Å². The van der Waals surface area contributed by atoms with Crippen molar-refractivity contribution in [2.24, 2.45) is 0 Å². The standard InChI is InChI=1S/C20H39N/c1-2-3-4-5-6-13-18-21(19-14-9-7-10-15-19)20-16-11-8-12-17-20/h19-20H,2-18H2,1H3/p+1. The van der Waals surface area contributed by atoms with Gasteiger partial charge >= 0.3 is 0 Å². The number of hydrogen-bond acceptors (Lipinski definition) is 0. The molecule has 0 aromatic heterocycles. The normalized spacial score (nSPS) is 22.0. The van der Waals surface area contributed by atoms with Gasteiger partial charge in [-0.3, -0.25) is 0 Å². The zero-order valence-electron chi connectivity index (χ0n) is 14.7. The lowest BCUT2D eigenvalue weighted by atomic mass is 9.88. The van der Waals surface area contributed by atoms with Crippen molar-refractivity contribution in [1.29, 1.82) is 0 Å². The minimum absolute atomic E-state index is 1.03. The first-order valence-corrected chi connectivity index (χ1v) is 10.3. The van der Waals surface area contributed by atoms with Gasteiger partial charge in [-0.25, -0.2) is 0 Å². The molecule has 0 aliphatic heterocycles. The summed E-state index contributed by atoms with van der Waals surface area (Å²) in [5, 5.41) is 0. The zero-order chi connectivity index (χ0) is 14.8. The fourth-order valence-corrected chi connectivity index (χ4v) is 4.80. The Morgan fingerprint density at radius 1 is 0.619 bits per heavy atom. The fourth-order valence-electron chi connectivity index (χ4n) is 4.80. The van der Waals surface area contributed by atoms with Crippen molar-refractivity contribution in [2.45, 2.75) is 122 Å². The summed E-state index contributed by atoms with van der Waals surface area (Å²) < 4.78 is 0. The molecule has 0 amide bonds. The van der Waals surface area contributed by atoms with E-state index in [1.807, 2.05) is 4.90 Å². The van der Waals surface area contributed by atoms with Crippen molar-refractivity contribution in [3.05, 3.63) is 0 Å². The van der Waals surface area contributed by atoms with Crippen LogP contribution in [0.15, 0.2) is 0 Å². The Kier molecular flexibility index (Phi) is 8.78. The van der Waals surface area contributed by atoms with Crippen LogP contribution in [0.5, 0.6) is 0 Å². The summed E-state index contributed by atoms with van der Waals surface area (Å²) in [4.78, 5) is 2.05. The molecule has 2 rings (SSSR count). The first kappa shape index (κ1) is 17.3. The lowest BCUT2D eigenvalue weighted by molar-refractivity contribution is -0.952. The maximum absolute atomic E-state index is 2.32. The number of hydrogen-bond donors (Lipinski definition) is 1. The van der Waals surface area contributed by atoms with E-state index in [2.05, 4.69) is 6.92 Å². The van der Waals surface area contributed by atoms with E-state index in [4.69, 9.17) is 0 Å². The van der Waals surface area contributed by atoms with Gasteiger partial charge in [0.1, 0.15) is 0 Å². The Bertz CT molecular complexity index is 220. The summed E-state index contributed by atoms with van der Waals surface area (Å²) >= 11 is 0. The molecule has 1 N–H and O–H groups in total. The van der Waals surface area contributed by atoms with Crippen LogP contribution in [-0.2, 0) is 0 Å². The molecule has 2 fully saturated rings. The van der Waals surface area contributed by atoms with E-state index in [0.29, 0.717) is 0 Å². The van der Waals surface area contributed by atoms with Crippen LogP contribution in [0.3, 0.4) is 0 Å². The van der Waals surface area contributed by atoms with Gasteiger partial charge in [0.05, 0.1) is 18.6 Å². The van der Waals surface area contributed by atoms with E-state index in [0.717, 1.165) is 12.1 Å². The Morgan fingerprint density at radius 2 is 1.10 bits per heavy atom. The average molecular weight is 295 g/mol. The minimum Gasteiger partial charge on any atom is -0.330 e. The van der Waals surface area contributed by atoms with Crippen LogP contribution in [-0.4, -0.2) is 18.6 Å². The molecule has 0 atom stereocenters. The molecule has 1 nitrogen and oxygen atoms in total. The van der Waals surface area contributed by atoms with Crippen molar-refractivity contribution in [2.75, 3.05) is 6.54 Å². The number of quaternary nitrogens is 1. The van der Waals surface area contributed by atoms with E-state index in [-0.39, 0.29) is 0 Å². The van der Waals surface area contributed by atoms with Crippen molar-refractivity contribution in [1.82, 2.24) is 0 Å². The summed E-state index contributed by atoms with van der Waals surface area (Å²) in [6, 6.07) is 2.05. The smallest absolute Gasteiger partial charge is 0.0876 e. The monoisotopic (exact) mass is 294 g/mol. The van der Waals surface area contributed by atoms with E-state index >= 15 is 0 Å². The first-order valence-electron chi connectivity index (χ1n) is 10.3. The third-order valence-electron chi connectivity index (χ3n) is 6.08. The third-order valence-corrected chi connectivity index (χ3v) is 6.08. The van der Waals surface area contributed by atoms with E-state index in [1.54, 1.807) is 0 Å². The van der Waals surface area contributed by atoms with Crippen LogP contribution >= 0.6 is 0 Å². The predicted molar refractivity (Wildman–Crippen MR) is 93.0 cm³/mol. The van der Waals surface area contributed by atoms with Crippen LogP contribution < -0.4 is 4.90 Å². The Hall–Kier alpha value is -0.0400. The topological polar surface area (TPSA) is 4.44 Å². The highest BCUT2D eigenvalue weighted by atomic mass is 15.2. The highest BCUT2D eigenvalue weighted by Gasteiger charge is 2.31. The van der Waals surface area contributed by atoms with E-state index in [9.17, 15) is 0 Å². The molecule has 0 unspecified atom stereocenters. The summed E-state index contributed by atoms with van der Waals surface area (Å²) in [6.07, 6.45) is 23.9. The van der Waals surface area contributed by atoms with E-state index < -0.39 is 0 Å². The summed E-state index contributed by atoms with van der Waals surface area (Å²) in [6.45, 7) is 3.81. The molecule has 0 bridgehead atoms. The second-order valence-corrected chi connectivity index (χ2v) is 7.76. The third kappa shape index (κ3) is 6.30. The second kappa shape index (κ2) is 10.6. The van der Waals surface area contributed by atoms with Crippen molar-refractivity contribution < 1.29 is 4.90 Å². The van der Waals surface area contributed by atoms with Gasteiger partial charge in [0.25, 0.3) is 0 Å². The second-order valence-electron chi connectivity index (χ2n) is 7.76. The highest BCUT2D eigenvalue weighted by Crippen LogP contribution is 2.20. The SMILES string of the molecule is CCCCCCCC[NH+](C1CCCCC1)C1CCCCC1. The molecule has 0 heterocycles. The maximum Gasteiger partial charge on any atom is 0.0876 e. The summed E-state index contributed by atoms with van der Waals surface area (Å²) in [5.41, 5.74) is 0. The quantitative estimate of drug-likeness (QED) is 0.577. The van der Waals surface area contributed by atoms with Crippen LogP contribution in [0.4, 0.5) is 0 Å². The molecule has 21 heavy (non-hydrogen) atoms. The van der Waals surface area contributed by atoms with Gasteiger partial charge in [0.15, 0.2) is 0 Å². The highest BCUT2D eigenvalue weighted by molar-refractivity contribution is 4.70. The molecular formula is C20H40N+. The lowest BCUT2D eigenvalue weighted by Crippen LogP contribution is -3.19. The molecule has 2 saturated carbocycles. The Labute approximate surface area is 133 Å². The molecular weight excluding hydrogens is 254 g/mol. The molecule has 2 aliphatic rings. The van der Waals surface area contributed by atoms with Gasteiger partial charge in [0, 0.05) is 0 Å². The molecule has 0 aromatic carbocycles. The van der Waals surface area contributed by atoms with Gasteiger partial charge in [0.2, 0.25) is 0 Å². The van der Waals surface area contributed by atoms with Gasteiger partial charge in [-0.15, -0.1) is 0 Å². The van der Waals surface area contributed by atoms with Gasteiger partial charge in [-0.1, -0.05) is 45.4 Å². The number of unbranched alkanes of at least 4 members (excludes halogenated alkanes) is 5. The Balaban J connectivity index is 1.74. The van der Waals surface area contributed by atoms with Gasteiger partial charge in [-0.2, -0.15) is 0 Å².